The number of ketones is 1. The molecule has 1 heterocycles. The van der Waals surface area contributed by atoms with Crippen LogP contribution in [0.5, 0.6) is 0 Å². The normalized spacial score (nSPS) is 9.75. The molecule has 0 aromatic carbocycles. The van der Waals surface area contributed by atoms with Crippen LogP contribution in [0.2, 0.25) is 0 Å². The molecule has 0 saturated carbocycles. The van der Waals surface area contributed by atoms with Gasteiger partial charge in [-0.05, 0) is 12.1 Å². The van der Waals surface area contributed by atoms with Crippen molar-refractivity contribution in [2.24, 2.45) is 5.73 Å². The third kappa shape index (κ3) is 1.51. The van der Waals surface area contributed by atoms with E-state index in [0.717, 1.165) is 0 Å². The Labute approximate surface area is 67.8 Å². The van der Waals surface area contributed by atoms with E-state index in [1.54, 1.807) is 0 Å². The molecular weight excluding hydrogens is 162 g/mol. The zero-order chi connectivity index (χ0) is 9.14. The Kier molecular flexibility index (Phi) is 2.25. The van der Waals surface area contributed by atoms with Crippen LogP contribution in [0.15, 0.2) is 16.5 Å². The number of nitrogens with two attached hydrogens (primary N) is 1. The topological polar surface area (TPSA) is 93.5 Å². The first-order valence-corrected chi connectivity index (χ1v) is 3.21. The summed E-state index contributed by atoms with van der Waals surface area (Å²) in [7, 11) is 0. The predicted molar refractivity (Wildman–Crippen MR) is 39.1 cm³/mol. The summed E-state index contributed by atoms with van der Waals surface area (Å²) < 4.78 is 4.67. The predicted octanol–water partition coefficient (Wildman–Crippen LogP) is 0.119. The largest absolute Gasteiger partial charge is 0.475 e. The maximum Gasteiger partial charge on any atom is 0.371 e. The van der Waals surface area contributed by atoms with Crippen molar-refractivity contribution in [3.8, 4) is 0 Å². The fourth-order valence-electron chi connectivity index (χ4n) is 0.703. The molecule has 0 bridgehead atoms. The van der Waals surface area contributed by atoms with E-state index in [1.165, 1.54) is 12.1 Å². The first kappa shape index (κ1) is 8.48. The molecule has 0 radical (unpaired) electrons. The Morgan fingerprint density at radius 2 is 2.00 bits per heavy atom. The van der Waals surface area contributed by atoms with Crippen molar-refractivity contribution < 1.29 is 19.1 Å². The number of aromatic carboxylic acids is 1. The number of carboxylic acids is 1. The van der Waals surface area contributed by atoms with E-state index in [1.807, 2.05) is 0 Å². The molecule has 0 aliphatic heterocycles. The highest BCUT2D eigenvalue weighted by Crippen LogP contribution is 2.07. The van der Waals surface area contributed by atoms with Crippen molar-refractivity contribution in [1.29, 1.82) is 0 Å². The lowest BCUT2D eigenvalue weighted by molar-refractivity contribution is 0.0660. The van der Waals surface area contributed by atoms with Gasteiger partial charge in [0.05, 0.1) is 6.54 Å². The molecule has 0 unspecified atom stereocenters. The van der Waals surface area contributed by atoms with E-state index in [2.05, 4.69) is 4.42 Å². The maximum atomic E-state index is 10.8. The van der Waals surface area contributed by atoms with Gasteiger partial charge in [-0.2, -0.15) is 0 Å². The average molecular weight is 169 g/mol. The number of hydrogen-bond donors (Lipinski definition) is 2. The smallest absolute Gasteiger partial charge is 0.371 e. The fraction of sp³-hybridized carbons (Fsp3) is 0.143. The first-order valence-electron chi connectivity index (χ1n) is 3.21. The number of furan rings is 1. The standard InChI is InChI=1S/C7H7NO4/c8-3-4(9)5-1-2-6(12-5)7(10)11/h1-2H,3,8H2,(H,10,11). The molecule has 3 N–H and O–H groups in total. The van der Waals surface area contributed by atoms with Gasteiger partial charge in [0.1, 0.15) is 0 Å². The number of rotatable bonds is 3. The molecule has 5 heteroatoms. The zero-order valence-corrected chi connectivity index (χ0v) is 6.11. The van der Waals surface area contributed by atoms with E-state index < -0.39 is 11.8 Å². The lowest BCUT2D eigenvalue weighted by Crippen LogP contribution is -2.12. The SMILES string of the molecule is NCC(=O)c1ccc(C(=O)O)o1. The van der Waals surface area contributed by atoms with Gasteiger partial charge < -0.3 is 15.3 Å². The summed E-state index contributed by atoms with van der Waals surface area (Å²) in [6, 6.07) is 2.50. The molecule has 0 spiro atoms. The molecule has 0 aliphatic carbocycles. The first-order chi connectivity index (χ1) is 5.65. The van der Waals surface area contributed by atoms with E-state index in [0.29, 0.717) is 0 Å². The van der Waals surface area contributed by atoms with Crippen LogP contribution in [0.3, 0.4) is 0 Å². The Morgan fingerprint density at radius 3 is 2.42 bits per heavy atom. The van der Waals surface area contributed by atoms with Gasteiger partial charge in [0.15, 0.2) is 5.76 Å². The third-order valence-corrected chi connectivity index (χ3v) is 1.28. The van der Waals surface area contributed by atoms with E-state index >= 15 is 0 Å². The highest BCUT2D eigenvalue weighted by Gasteiger charge is 2.12. The summed E-state index contributed by atoms with van der Waals surface area (Å²) >= 11 is 0. The summed E-state index contributed by atoms with van der Waals surface area (Å²) in [6.45, 7) is -0.188. The third-order valence-electron chi connectivity index (χ3n) is 1.28. The van der Waals surface area contributed by atoms with Gasteiger partial charge in [-0.1, -0.05) is 0 Å². The molecule has 5 nitrogen and oxygen atoms in total. The Hall–Kier alpha value is -1.62. The second-order valence-electron chi connectivity index (χ2n) is 2.10. The maximum absolute atomic E-state index is 10.8. The van der Waals surface area contributed by atoms with Crippen LogP contribution in [-0.4, -0.2) is 23.4 Å². The quantitative estimate of drug-likeness (QED) is 0.626. The highest BCUT2D eigenvalue weighted by molar-refractivity contribution is 5.96. The number of hydrogen-bond acceptors (Lipinski definition) is 4. The second kappa shape index (κ2) is 3.19. The van der Waals surface area contributed by atoms with Crippen LogP contribution in [-0.2, 0) is 0 Å². The number of Topliss-reactive ketones (excluding diaryl/α,β-unsaturated/α-hetero) is 1. The molecule has 0 saturated heterocycles. The zero-order valence-electron chi connectivity index (χ0n) is 6.11. The van der Waals surface area contributed by atoms with Crippen LogP contribution in [0.1, 0.15) is 21.1 Å². The molecule has 64 valence electrons. The van der Waals surface area contributed by atoms with Crippen LogP contribution >= 0.6 is 0 Å². The summed E-state index contributed by atoms with van der Waals surface area (Å²) in [5.41, 5.74) is 5.03. The Morgan fingerprint density at radius 1 is 1.42 bits per heavy atom. The van der Waals surface area contributed by atoms with Crippen molar-refractivity contribution in [3.63, 3.8) is 0 Å². The summed E-state index contributed by atoms with van der Waals surface area (Å²) in [4.78, 5) is 21.1. The number of carbonyl (C=O) groups excluding carboxylic acids is 1. The number of carboxylic acid groups (broad SMARTS) is 1. The van der Waals surface area contributed by atoms with Gasteiger partial charge >= 0.3 is 5.97 Å². The van der Waals surface area contributed by atoms with Gasteiger partial charge in [0.25, 0.3) is 0 Å². The van der Waals surface area contributed by atoms with Crippen molar-refractivity contribution >= 4 is 11.8 Å². The van der Waals surface area contributed by atoms with E-state index in [4.69, 9.17) is 10.8 Å². The van der Waals surface area contributed by atoms with E-state index in [9.17, 15) is 9.59 Å². The van der Waals surface area contributed by atoms with Crippen LogP contribution in [0.25, 0.3) is 0 Å². The lowest BCUT2D eigenvalue weighted by atomic mass is 10.3. The van der Waals surface area contributed by atoms with Gasteiger partial charge in [-0.3, -0.25) is 4.79 Å². The van der Waals surface area contributed by atoms with Gasteiger partial charge in [-0.15, -0.1) is 0 Å². The minimum atomic E-state index is -1.20. The molecule has 0 fully saturated rings. The van der Waals surface area contributed by atoms with Crippen molar-refractivity contribution in [2.75, 3.05) is 6.54 Å². The molecule has 1 rings (SSSR count). The molecule has 1 aromatic heterocycles. The highest BCUT2D eigenvalue weighted by atomic mass is 16.4. The second-order valence-corrected chi connectivity index (χ2v) is 2.10. The van der Waals surface area contributed by atoms with Crippen molar-refractivity contribution in [3.05, 3.63) is 23.7 Å². The Bertz CT molecular complexity index is 315. The number of carbonyl (C=O) groups is 2. The van der Waals surface area contributed by atoms with Gasteiger partial charge in [0.2, 0.25) is 11.5 Å². The van der Waals surface area contributed by atoms with Crippen LogP contribution in [0.4, 0.5) is 0 Å². The lowest BCUT2D eigenvalue weighted by Gasteiger charge is -1.89. The van der Waals surface area contributed by atoms with Gasteiger partial charge in [0, 0.05) is 0 Å². The molecular formula is C7H7NO4. The Balaban J connectivity index is 2.91. The summed E-state index contributed by atoms with van der Waals surface area (Å²) in [5.74, 6) is -1.89. The van der Waals surface area contributed by atoms with E-state index in [-0.39, 0.29) is 18.1 Å². The summed E-state index contributed by atoms with van der Waals surface area (Å²) in [5, 5.41) is 8.42. The minimum absolute atomic E-state index is 0.0186. The van der Waals surface area contributed by atoms with Crippen LogP contribution in [0, 0.1) is 0 Å². The van der Waals surface area contributed by atoms with Crippen LogP contribution < -0.4 is 5.73 Å². The van der Waals surface area contributed by atoms with Crippen molar-refractivity contribution in [2.45, 2.75) is 0 Å². The molecule has 0 amide bonds. The summed E-state index contributed by atoms with van der Waals surface area (Å²) in [6.07, 6.45) is 0. The molecule has 0 atom stereocenters. The molecule has 0 aliphatic rings. The molecule has 12 heavy (non-hydrogen) atoms. The monoisotopic (exact) mass is 169 g/mol. The fourth-order valence-corrected chi connectivity index (χ4v) is 0.703. The van der Waals surface area contributed by atoms with Gasteiger partial charge in [-0.25, -0.2) is 4.79 Å². The molecule has 1 aromatic rings. The minimum Gasteiger partial charge on any atom is -0.475 e. The van der Waals surface area contributed by atoms with Crippen molar-refractivity contribution in [1.82, 2.24) is 0 Å². The average Bonchev–Trinajstić information content (AvgIpc) is 2.51.